The van der Waals surface area contributed by atoms with Crippen LogP contribution in [0.25, 0.3) is 0 Å². The lowest BCUT2D eigenvalue weighted by molar-refractivity contribution is -0.0368. The number of hydrogen-bond donors (Lipinski definition) is 0. The molecule has 1 rings (SSSR count). The first-order valence-corrected chi connectivity index (χ1v) is 12.4. The number of rotatable bonds is 21. The second-order valence-electron chi connectivity index (χ2n) is 6.75. The highest BCUT2D eigenvalue weighted by atomic mass is 32.2. The molecule has 186 valence electrons. The largest absolute Gasteiger partial charge is 0.379 e. The third-order valence-corrected chi connectivity index (χ3v) is 5.45. The van der Waals surface area contributed by atoms with Crippen molar-refractivity contribution in [3.05, 3.63) is 29.8 Å². The van der Waals surface area contributed by atoms with E-state index in [-0.39, 0.29) is 18.1 Å². The van der Waals surface area contributed by atoms with Crippen molar-refractivity contribution in [3.8, 4) is 0 Å². The Morgan fingerprint density at radius 3 is 1.50 bits per heavy atom. The average molecular weight is 479 g/mol. The van der Waals surface area contributed by atoms with Gasteiger partial charge in [-0.2, -0.15) is 8.42 Å². The summed E-state index contributed by atoms with van der Waals surface area (Å²) in [5.41, 5.74) is 0.959. The Hall–Kier alpha value is -1.11. The maximum absolute atomic E-state index is 12.6. The molecule has 0 atom stereocenters. The lowest BCUT2D eigenvalue weighted by atomic mass is 10.2. The Labute approximate surface area is 192 Å². The van der Waals surface area contributed by atoms with Gasteiger partial charge in [0.05, 0.1) is 71.0 Å². The second kappa shape index (κ2) is 18.3. The monoisotopic (exact) mass is 478 g/mol. The van der Waals surface area contributed by atoms with Crippen LogP contribution in [0.4, 0.5) is 0 Å². The summed E-state index contributed by atoms with van der Waals surface area (Å²) in [7, 11) is -3.95. The lowest BCUT2D eigenvalue weighted by Gasteiger charge is -2.18. The number of hydrogen-bond acceptors (Lipinski definition) is 9. The van der Waals surface area contributed by atoms with Crippen LogP contribution in [-0.4, -0.2) is 93.8 Å². The van der Waals surface area contributed by atoms with Gasteiger partial charge >= 0.3 is 0 Å². The smallest absolute Gasteiger partial charge is 0.297 e. The lowest BCUT2D eigenvalue weighted by Crippen LogP contribution is -2.30. The van der Waals surface area contributed by atoms with E-state index in [1.54, 1.807) is 12.1 Å². The first kappa shape index (κ1) is 28.9. The molecule has 0 aromatic heterocycles. The van der Waals surface area contributed by atoms with Gasteiger partial charge in [-0.15, -0.1) is 0 Å². The van der Waals surface area contributed by atoms with Gasteiger partial charge in [0.2, 0.25) is 0 Å². The molecule has 0 heterocycles. The molecule has 0 unspecified atom stereocenters. The first-order valence-electron chi connectivity index (χ1n) is 11.0. The minimum atomic E-state index is -3.95. The molecule has 0 radical (unpaired) electrons. The summed E-state index contributed by atoms with van der Waals surface area (Å²) in [4.78, 5) is 0.0895. The molecule has 0 spiro atoms. The van der Waals surface area contributed by atoms with E-state index in [1.165, 1.54) is 12.1 Å². The topological polar surface area (TPSA) is 98.8 Å². The van der Waals surface area contributed by atoms with Crippen molar-refractivity contribution >= 4 is 10.1 Å². The quantitative estimate of drug-likeness (QED) is 0.194. The van der Waals surface area contributed by atoms with Crippen LogP contribution < -0.4 is 0 Å². The zero-order valence-electron chi connectivity index (χ0n) is 19.5. The van der Waals surface area contributed by atoms with Gasteiger partial charge in [-0.05, 0) is 32.9 Å². The minimum Gasteiger partial charge on any atom is -0.379 e. The van der Waals surface area contributed by atoms with E-state index in [0.29, 0.717) is 66.1 Å². The van der Waals surface area contributed by atoms with Gasteiger partial charge in [-0.1, -0.05) is 17.7 Å². The van der Waals surface area contributed by atoms with E-state index < -0.39 is 16.2 Å². The number of benzene rings is 1. The summed E-state index contributed by atoms with van der Waals surface area (Å²) in [6.07, 6.45) is -0.798. The summed E-state index contributed by atoms with van der Waals surface area (Å²) in [5, 5.41) is 0. The highest BCUT2D eigenvalue weighted by Gasteiger charge is 2.22. The molecule has 0 fully saturated rings. The van der Waals surface area contributed by atoms with Crippen molar-refractivity contribution in [2.24, 2.45) is 0 Å². The predicted molar refractivity (Wildman–Crippen MR) is 119 cm³/mol. The van der Waals surface area contributed by atoms with E-state index in [0.717, 1.165) is 5.56 Å². The number of ether oxygens (including phenoxy) is 6. The molecule has 0 amide bonds. The molecule has 0 aliphatic rings. The molecule has 0 aliphatic heterocycles. The van der Waals surface area contributed by atoms with Crippen molar-refractivity contribution in [3.63, 3.8) is 0 Å². The van der Waals surface area contributed by atoms with Gasteiger partial charge < -0.3 is 28.4 Å². The van der Waals surface area contributed by atoms with E-state index >= 15 is 0 Å². The summed E-state index contributed by atoms with van der Waals surface area (Å²) in [6.45, 7) is 10.5. The van der Waals surface area contributed by atoms with Crippen LogP contribution in [0.1, 0.15) is 19.4 Å². The molecule has 0 aliphatic carbocycles. The maximum atomic E-state index is 12.6. The summed E-state index contributed by atoms with van der Waals surface area (Å²) in [5.74, 6) is 0. The molecular weight excluding hydrogens is 440 g/mol. The van der Waals surface area contributed by atoms with Crippen molar-refractivity contribution in [1.82, 2.24) is 0 Å². The average Bonchev–Trinajstić information content (AvgIpc) is 2.77. The van der Waals surface area contributed by atoms with Gasteiger partial charge in [0.15, 0.2) is 0 Å². The molecule has 9 nitrogen and oxygen atoms in total. The Balaban J connectivity index is 2.44. The number of aryl methyl sites for hydroxylation is 1. The Kier molecular flexibility index (Phi) is 16.6. The highest BCUT2D eigenvalue weighted by molar-refractivity contribution is 7.86. The fourth-order valence-electron chi connectivity index (χ4n) is 2.44. The van der Waals surface area contributed by atoms with Crippen LogP contribution in [0.5, 0.6) is 0 Å². The molecular formula is C22H38O9S. The highest BCUT2D eigenvalue weighted by Crippen LogP contribution is 2.15. The molecule has 0 N–H and O–H groups in total. The normalized spacial score (nSPS) is 12.0. The summed E-state index contributed by atoms with van der Waals surface area (Å²) >= 11 is 0. The SMILES string of the molecule is CCOCCOCCOCC(COCCOCCOCC)OS(=O)(=O)c1ccc(C)cc1. The van der Waals surface area contributed by atoms with Crippen LogP contribution in [-0.2, 0) is 42.7 Å². The standard InChI is InChI=1S/C22H38O9S/c1-4-25-10-12-27-14-16-29-18-21(19-30-17-15-28-13-11-26-5-2)31-32(23,24)22-8-6-20(3)7-9-22/h6-9,21H,4-5,10-19H2,1-3H3. The first-order chi connectivity index (χ1) is 15.5. The Morgan fingerprint density at radius 2 is 1.06 bits per heavy atom. The third kappa shape index (κ3) is 14.1. The van der Waals surface area contributed by atoms with Gasteiger partial charge in [-0.25, -0.2) is 0 Å². The zero-order valence-corrected chi connectivity index (χ0v) is 20.3. The third-order valence-electron chi connectivity index (χ3n) is 4.08. The maximum Gasteiger partial charge on any atom is 0.297 e. The van der Waals surface area contributed by atoms with E-state index in [2.05, 4.69) is 0 Å². The van der Waals surface area contributed by atoms with Crippen LogP contribution in [0, 0.1) is 6.92 Å². The molecule has 10 heteroatoms. The zero-order chi connectivity index (χ0) is 23.5. The van der Waals surface area contributed by atoms with Crippen LogP contribution in [0.3, 0.4) is 0 Å². The van der Waals surface area contributed by atoms with Crippen LogP contribution in [0.15, 0.2) is 29.2 Å². The van der Waals surface area contributed by atoms with E-state index in [9.17, 15) is 8.42 Å². The van der Waals surface area contributed by atoms with Gasteiger partial charge in [0.25, 0.3) is 10.1 Å². The van der Waals surface area contributed by atoms with Crippen molar-refractivity contribution in [2.75, 3.05) is 79.3 Å². The Bertz CT molecular complexity index is 644. The van der Waals surface area contributed by atoms with E-state index in [1.807, 2.05) is 20.8 Å². The van der Waals surface area contributed by atoms with Crippen LogP contribution in [0.2, 0.25) is 0 Å². The van der Waals surface area contributed by atoms with Crippen molar-refractivity contribution in [2.45, 2.75) is 31.8 Å². The fourth-order valence-corrected chi connectivity index (χ4v) is 3.49. The summed E-state index contributed by atoms with van der Waals surface area (Å²) in [6, 6.07) is 6.47. The van der Waals surface area contributed by atoms with Gasteiger partial charge in [0.1, 0.15) is 6.10 Å². The second-order valence-corrected chi connectivity index (χ2v) is 8.33. The van der Waals surface area contributed by atoms with Gasteiger partial charge in [-0.3, -0.25) is 4.18 Å². The molecule has 1 aromatic carbocycles. The van der Waals surface area contributed by atoms with Crippen molar-refractivity contribution in [1.29, 1.82) is 0 Å². The van der Waals surface area contributed by atoms with E-state index in [4.69, 9.17) is 32.6 Å². The Morgan fingerprint density at radius 1 is 0.656 bits per heavy atom. The fraction of sp³-hybridized carbons (Fsp3) is 0.727. The minimum absolute atomic E-state index is 0.0467. The van der Waals surface area contributed by atoms with Crippen molar-refractivity contribution < 1.29 is 41.0 Å². The summed E-state index contributed by atoms with van der Waals surface area (Å²) < 4.78 is 62.8. The van der Waals surface area contributed by atoms with Crippen LogP contribution >= 0.6 is 0 Å². The molecule has 0 saturated heterocycles. The predicted octanol–water partition coefficient (Wildman–Crippen LogP) is 2.21. The molecule has 0 saturated carbocycles. The molecule has 0 bridgehead atoms. The van der Waals surface area contributed by atoms with Gasteiger partial charge in [0, 0.05) is 13.2 Å². The molecule has 1 aromatic rings. The molecule has 32 heavy (non-hydrogen) atoms.